The fourth-order valence-electron chi connectivity index (χ4n) is 2.22. The molecule has 0 aliphatic heterocycles. The number of H-pyrrole nitrogens is 1. The van der Waals surface area contributed by atoms with Gasteiger partial charge >= 0.3 is 10.7 Å². The van der Waals surface area contributed by atoms with Gasteiger partial charge in [0.15, 0.2) is 4.83 Å². The number of halogens is 1. The van der Waals surface area contributed by atoms with Crippen LogP contribution in [0.3, 0.4) is 0 Å². The van der Waals surface area contributed by atoms with Crippen molar-refractivity contribution < 1.29 is 9.78 Å². The molecule has 0 saturated heterocycles. The highest BCUT2D eigenvalue weighted by Gasteiger charge is 2.18. The molecule has 0 atom stereocenters. The Morgan fingerprint density at radius 1 is 1.38 bits per heavy atom. The Bertz CT molecular complexity index is 964. The molecule has 124 valence electrons. The van der Waals surface area contributed by atoms with E-state index in [-0.39, 0.29) is 17.2 Å². The summed E-state index contributed by atoms with van der Waals surface area (Å²) in [5.74, 6) is 0.0982. The number of hydrogen-bond donors (Lipinski definition) is 1. The Morgan fingerprint density at radius 3 is 2.79 bits per heavy atom. The summed E-state index contributed by atoms with van der Waals surface area (Å²) < 4.78 is 2.51. The number of aromatic nitrogens is 2. The van der Waals surface area contributed by atoms with Gasteiger partial charge in [-0.25, -0.2) is 9.78 Å². The van der Waals surface area contributed by atoms with Crippen LogP contribution >= 0.6 is 39.0 Å². The lowest BCUT2D eigenvalue weighted by Gasteiger charge is -2.04. The van der Waals surface area contributed by atoms with Crippen LogP contribution < -0.4 is 15.9 Å². The predicted octanol–water partition coefficient (Wildman–Crippen LogP) is 3.22. The van der Waals surface area contributed by atoms with Gasteiger partial charge in [0.1, 0.15) is 5.39 Å². The van der Waals surface area contributed by atoms with Crippen LogP contribution in [-0.4, -0.2) is 16.2 Å². The van der Waals surface area contributed by atoms with Crippen LogP contribution in [0.2, 0.25) is 0 Å². The molecule has 0 aliphatic rings. The lowest BCUT2D eigenvalue weighted by Crippen LogP contribution is -2.27. The van der Waals surface area contributed by atoms with Crippen LogP contribution in [0.1, 0.15) is 4.88 Å². The maximum absolute atomic E-state index is 12.4. The van der Waals surface area contributed by atoms with E-state index in [1.807, 2.05) is 37.3 Å². The van der Waals surface area contributed by atoms with Crippen LogP contribution in [0.4, 0.5) is 5.69 Å². The highest BCUT2D eigenvalue weighted by atomic mass is 79.9. The van der Waals surface area contributed by atoms with E-state index in [1.54, 1.807) is 23.0 Å². The van der Waals surface area contributed by atoms with Gasteiger partial charge < -0.3 is 5.32 Å². The van der Waals surface area contributed by atoms with Crippen molar-refractivity contribution in [1.82, 2.24) is 4.57 Å². The molecular formula is C16H15BrN3O2S2+. The van der Waals surface area contributed by atoms with E-state index in [0.29, 0.717) is 10.5 Å². The van der Waals surface area contributed by atoms with Crippen molar-refractivity contribution >= 4 is 60.8 Å². The molecule has 0 bridgehead atoms. The molecule has 2 aromatic heterocycles. The molecule has 0 spiro atoms. The minimum Gasteiger partial charge on any atom is -0.325 e. The topological polar surface area (TPSA) is 65.2 Å². The maximum atomic E-state index is 12.4. The number of nitrogens with zero attached hydrogens (tertiary/aromatic N) is 1. The van der Waals surface area contributed by atoms with Crippen LogP contribution in [-0.2, 0) is 11.8 Å². The van der Waals surface area contributed by atoms with Crippen LogP contribution in [0.15, 0.2) is 44.8 Å². The van der Waals surface area contributed by atoms with Gasteiger partial charge in [-0.2, -0.15) is 4.57 Å². The number of hydrogen-bond acceptors (Lipinski definition) is 4. The number of aryl methyl sites for hydroxylation is 1. The molecule has 3 rings (SSSR count). The largest absolute Gasteiger partial charge is 0.346 e. The van der Waals surface area contributed by atoms with Gasteiger partial charge in [0.25, 0.3) is 0 Å². The lowest BCUT2D eigenvalue weighted by atomic mass is 10.3. The van der Waals surface area contributed by atoms with Crippen LogP contribution in [0.25, 0.3) is 10.2 Å². The number of nitrogens with one attached hydrogen (secondary N) is 2. The highest BCUT2D eigenvalue weighted by Crippen LogP contribution is 2.20. The summed E-state index contributed by atoms with van der Waals surface area (Å²) in [6.07, 6.45) is 0. The van der Waals surface area contributed by atoms with Crippen LogP contribution in [0.5, 0.6) is 0 Å². The van der Waals surface area contributed by atoms with Crippen molar-refractivity contribution in [3.63, 3.8) is 0 Å². The summed E-state index contributed by atoms with van der Waals surface area (Å²) in [6.45, 7) is 1.97. The quantitative estimate of drug-likeness (QED) is 0.516. The number of carbonyl (C=O) groups excluding carboxylic acids is 1. The third-order valence-electron chi connectivity index (χ3n) is 3.38. The molecule has 8 heteroatoms. The zero-order valence-electron chi connectivity index (χ0n) is 13.1. The number of carbonyl (C=O) groups is 1. The smallest absolute Gasteiger partial charge is 0.325 e. The molecule has 0 aliphatic carbocycles. The summed E-state index contributed by atoms with van der Waals surface area (Å²) in [4.78, 5) is 29.6. The second-order valence-corrected chi connectivity index (χ2v) is 8.37. The Morgan fingerprint density at radius 2 is 2.08 bits per heavy atom. The van der Waals surface area contributed by atoms with Gasteiger partial charge in [-0.05, 0) is 49.0 Å². The first kappa shape index (κ1) is 17.2. The molecule has 1 aromatic carbocycles. The van der Waals surface area contributed by atoms with Crippen LogP contribution in [0, 0.1) is 6.92 Å². The predicted molar refractivity (Wildman–Crippen MR) is 102 cm³/mol. The third-order valence-corrected chi connectivity index (χ3v) is 5.93. The summed E-state index contributed by atoms with van der Waals surface area (Å²) in [7, 11) is 1.71. The SMILES string of the molecule is Cc1cc2c(=O)n(C)c(SCC(=O)Nc3ccc(Br)cc3)[nH+]c2s1. The van der Waals surface area contributed by atoms with Gasteiger partial charge in [0.05, 0.1) is 12.8 Å². The number of aromatic amines is 1. The van der Waals surface area contributed by atoms with Gasteiger partial charge in [-0.1, -0.05) is 27.3 Å². The maximum Gasteiger partial charge on any atom is 0.346 e. The fourth-order valence-corrected chi connectivity index (χ4v) is 4.24. The van der Waals surface area contributed by atoms with Crippen molar-refractivity contribution in [2.75, 3.05) is 11.1 Å². The number of amides is 1. The van der Waals surface area contributed by atoms with Gasteiger partial charge in [-0.3, -0.25) is 4.79 Å². The first-order chi connectivity index (χ1) is 11.4. The monoisotopic (exact) mass is 424 g/mol. The average Bonchev–Trinajstić information content (AvgIpc) is 2.92. The molecule has 3 aromatic rings. The summed E-state index contributed by atoms with van der Waals surface area (Å²) in [5.41, 5.74) is 0.690. The number of thioether (sulfide) groups is 1. The zero-order chi connectivity index (χ0) is 17.3. The first-order valence-corrected chi connectivity index (χ1v) is 9.74. The van der Waals surface area contributed by atoms with Crippen molar-refractivity contribution in [3.05, 3.63) is 50.0 Å². The van der Waals surface area contributed by atoms with E-state index in [0.717, 1.165) is 19.9 Å². The number of fused-ring (bicyclic) bond motifs is 1. The number of rotatable bonds is 4. The minimum absolute atomic E-state index is 0.0519. The Balaban J connectivity index is 1.73. The summed E-state index contributed by atoms with van der Waals surface area (Å²) >= 11 is 6.21. The van der Waals surface area contributed by atoms with E-state index in [1.165, 1.54) is 11.8 Å². The molecular weight excluding hydrogens is 410 g/mol. The van der Waals surface area contributed by atoms with E-state index in [2.05, 4.69) is 26.2 Å². The molecule has 1 amide bonds. The summed E-state index contributed by atoms with van der Waals surface area (Å²) in [6, 6.07) is 9.28. The number of thiophene rings is 1. The first-order valence-electron chi connectivity index (χ1n) is 7.14. The molecule has 0 saturated carbocycles. The zero-order valence-corrected chi connectivity index (χ0v) is 16.3. The normalized spacial score (nSPS) is 11.0. The lowest BCUT2D eigenvalue weighted by molar-refractivity contribution is -0.404. The third kappa shape index (κ3) is 3.71. The van der Waals surface area contributed by atoms with Crippen molar-refractivity contribution in [3.8, 4) is 0 Å². The van der Waals surface area contributed by atoms with E-state index >= 15 is 0 Å². The molecule has 5 nitrogen and oxygen atoms in total. The van der Waals surface area contributed by atoms with E-state index < -0.39 is 0 Å². The van der Waals surface area contributed by atoms with E-state index in [9.17, 15) is 9.59 Å². The summed E-state index contributed by atoms with van der Waals surface area (Å²) in [5, 5.41) is 4.19. The second kappa shape index (κ2) is 7.08. The number of anilines is 1. The molecule has 0 fully saturated rings. The fraction of sp³-hybridized carbons (Fsp3) is 0.188. The van der Waals surface area contributed by atoms with Gasteiger partial charge in [-0.15, -0.1) is 0 Å². The average molecular weight is 425 g/mol. The molecule has 0 radical (unpaired) electrons. The second-order valence-electron chi connectivity index (χ2n) is 5.24. The minimum atomic E-state index is -0.120. The van der Waals surface area contributed by atoms with E-state index in [4.69, 9.17) is 0 Å². The van der Waals surface area contributed by atoms with Crippen molar-refractivity contribution in [1.29, 1.82) is 0 Å². The standard InChI is InChI=1S/C16H14BrN3O2S2/c1-9-7-12-14(24-9)19-16(20(2)15(12)22)23-8-13(21)18-11-5-3-10(17)4-6-11/h3-7H,8H2,1-2H3,(H,18,21)/p+1. The Kier molecular flexibility index (Phi) is 5.07. The van der Waals surface area contributed by atoms with Gasteiger partial charge in [0.2, 0.25) is 5.91 Å². The Labute approximate surface area is 155 Å². The molecule has 0 unspecified atom stereocenters. The molecule has 2 N–H and O–H groups in total. The highest BCUT2D eigenvalue weighted by molar-refractivity contribution is 9.10. The molecule has 24 heavy (non-hydrogen) atoms. The van der Waals surface area contributed by atoms with Gasteiger partial charge in [0, 0.05) is 15.0 Å². The van der Waals surface area contributed by atoms with Crippen molar-refractivity contribution in [2.24, 2.45) is 7.05 Å². The van der Waals surface area contributed by atoms with Crippen molar-refractivity contribution in [2.45, 2.75) is 12.1 Å². The Hall–Kier alpha value is -1.64. The molecule has 2 heterocycles. The number of benzene rings is 1.